The van der Waals surface area contributed by atoms with Gasteiger partial charge in [-0.25, -0.2) is 0 Å². The van der Waals surface area contributed by atoms with Crippen molar-refractivity contribution in [1.82, 2.24) is 4.65 Å². The molecule has 0 amide bonds. The van der Waals surface area contributed by atoms with Gasteiger partial charge in [-0.15, -0.1) is 0 Å². The molecule has 0 saturated heterocycles. The lowest BCUT2D eigenvalue weighted by atomic mass is 10.1. The molecule has 1 aliphatic carbocycles. The highest BCUT2D eigenvalue weighted by atomic mass is 28.4. The van der Waals surface area contributed by atoms with E-state index in [2.05, 4.69) is 104 Å². The number of rotatable bonds is 10. The average Bonchev–Trinajstić information content (AvgIpc) is 3.19. The normalized spacial score (nSPS) is 14.6. The highest BCUT2D eigenvalue weighted by molar-refractivity contribution is 7.11. The summed E-state index contributed by atoms with van der Waals surface area (Å²) in [6.07, 6.45) is 12.4. The first kappa shape index (κ1) is 22.0. The minimum atomic E-state index is -2.25. The van der Waals surface area contributed by atoms with Crippen LogP contribution in [0, 0.1) is 0 Å². The summed E-state index contributed by atoms with van der Waals surface area (Å²) >= 11 is 0. The van der Waals surface area contributed by atoms with Crippen LogP contribution >= 0.6 is 0 Å². The van der Waals surface area contributed by atoms with Gasteiger partial charge in [-0.3, -0.25) is 0 Å². The molecule has 0 saturated carbocycles. The minimum Gasteiger partial charge on any atom is -0.349 e. The summed E-state index contributed by atoms with van der Waals surface area (Å²) in [6, 6.07) is 22.6. The van der Waals surface area contributed by atoms with Crippen molar-refractivity contribution >= 4 is 26.8 Å². The minimum absolute atomic E-state index is 1.09. The Labute approximate surface area is 180 Å². The maximum Gasteiger partial charge on any atom is 0.212 e. The number of hydrogen-bond donors (Lipinski definition) is 1. The van der Waals surface area contributed by atoms with E-state index in [4.69, 9.17) is 0 Å². The van der Waals surface area contributed by atoms with E-state index >= 15 is 0 Å². The molecular formula is C26H37NSi2. The first-order chi connectivity index (χ1) is 14.0. The van der Waals surface area contributed by atoms with Crippen LogP contribution in [0.3, 0.4) is 0 Å². The fraction of sp³-hybridized carbons (Fsp3) is 0.385. The summed E-state index contributed by atoms with van der Waals surface area (Å²) in [5, 5.41) is 4.69. The summed E-state index contributed by atoms with van der Waals surface area (Å²) in [4.78, 5) is 0. The molecule has 3 heteroatoms. The third-order valence-electron chi connectivity index (χ3n) is 5.76. The Bertz CT molecular complexity index is 793. The van der Waals surface area contributed by atoms with Crippen LogP contribution in [0.4, 0.5) is 0 Å². The highest BCUT2D eigenvalue weighted by Gasteiger charge is 2.45. The van der Waals surface area contributed by atoms with Crippen molar-refractivity contribution in [2.75, 3.05) is 0 Å². The molecule has 3 rings (SSSR count). The van der Waals surface area contributed by atoms with Gasteiger partial charge in [0.2, 0.25) is 8.24 Å². The van der Waals surface area contributed by atoms with E-state index in [1.165, 1.54) is 42.5 Å². The molecule has 1 aliphatic rings. The lowest BCUT2D eigenvalue weighted by Gasteiger charge is -2.41. The molecule has 2 aromatic rings. The molecule has 0 fully saturated rings. The van der Waals surface area contributed by atoms with Crippen LogP contribution in [0.15, 0.2) is 83.6 Å². The molecule has 29 heavy (non-hydrogen) atoms. The SMILES string of the molecule is CCCCCCC1=C([Si](N[Si](C)(C)C)(c2ccccc2)c2ccccc2)CC=C1. The number of nitrogens with one attached hydrogen (secondary N) is 1. The highest BCUT2D eigenvalue weighted by Crippen LogP contribution is 2.31. The van der Waals surface area contributed by atoms with E-state index in [0.717, 1.165) is 6.42 Å². The Morgan fingerprint density at radius 1 is 0.793 bits per heavy atom. The largest absolute Gasteiger partial charge is 0.349 e. The van der Waals surface area contributed by atoms with Crippen LogP contribution in [-0.4, -0.2) is 16.5 Å². The topological polar surface area (TPSA) is 12.0 Å². The number of benzene rings is 2. The summed E-state index contributed by atoms with van der Waals surface area (Å²) in [5.41, 5.74) is 1.60. The van der Waals surface area contributed by atoms with Crippen LogP contribution in [0.5, 0.6) is 0 Å². The molecule has 1 N–H and O–H groups in total. The Hall–Kier alpha value is -1.69. The first-order valence-electron chi connectivity index (χ1n) is 11.3. The van der Waals surface area contributed by atoms with E-state index < -0.39 is 16.5 Å². The van der Waals surface area contributed by atoms with Gasteiger partial charge in [0.1, 0.15) is 8.24 Å². The van der Waals surface area contributed by atoms with Gasteiger partial charge in [-0.2, -0.15) is 0 Å². The Morgan fingerprint density at radius 2 is 1.38 bits per heavy atom. The lowest BCUT2D eigenvalue weighted by molar-refractivity contribution is 0.668. The monoisotopic (exact) mass is 419 g/mol. The van der Waals surface area contributed by atoms with Gasteiger partial charge in [-0.05, 0) is 29.6 Å². The van der Waals surface area contributed by atoms with Gasteiger partial charge in [0.05, 0.1) is 0 Å². The Balaban J connectivity index is 2.16. The smallest absolute Gasteiger partial charge is 0.212 e. The third kappa shape index (κ3) is 5.27. The second-order valence-electron chi connectivity index (χ2n) is 9.28. The first-order valence-corrected chi connectivity index (χ1v) is 16.8. The van der Waals surface area contributed by atoms with Gasteiger partial charge >= 0.3 is 0 Å². The number of unbranched alkanes of at least 4 members (excludes halogenated alkanes) is 3. The fourth-order valence-electron chi connectivity index (χ4n) is 4.59. The zero-order valence-corrected chi connectivity index (χ0v) is 20.7. The standard InChI is InChI=1S/C26H37NSi2/c1-5-6-7-10-16-23-17-15-22-26(23)29(27-28(2,3)4,24-18-11-8-12-19-24)25-20-13-9-14-21-25/h8-9,11-15,17-21,27H,5-7,10,16,22H2,1-4H3. The molecule has 0 bridgehead atoms. The van der Waals surface area contributed by atoms with E-state index in [9.17, 15) is 0 Å². The molecule has 0 aliphatic heterocycles. The van der Waals surface area contributed by atoms with Crippen molar-refractivity contribution < 1.29 is 0 Å². The second-order valence-corrected chi connectivity index (χ2v) is 18.0. The predicted molar refractivity (Wildman–Crippen MR) is 134 cm³/mol. The maximum atomic E-state index is 4.36. The van der Waals surface area contributed by atoms with E-state index in [1.807, 2.05) is 0 Å². The van der Waals surface area contributed by atoms with Crippen molar-refractivity contribution in [3.8, 4) is 0 Å². The molecule has 0 heterocycles. The maximum absolute atomic E-state index is 4.36. The summed E-state index contributed by atoms with van der Waals surface area (Å²) in [5.74, 6) is 0. The van der Waals surface area contributed by atoms with Gasteiger partial charge in [0.25, 0.3) is 0 Å². The lowest BCUT2D eigenvalue weighted by Crippen LogP contribution is -2.75. The summed E-state index contributed by atoms with van der Waals surface area (Å²) in [7, 11) is -3.80. The quantitative estimate of drug-likeness (QED) is 0.371. The van der Waals surface area contributed by atoms with Gasteiger partial charge in [0, 0.05) is 0 Å². The van der Waals surface area contributed by atoms with Crippen LogP contribution in [0.25, 0.3) is 0 Å². The third-order valence-corrected chi connectivity index (χ3v) is 14.1. The van der Waals surface area contributed by atoms with Crippen molar-refractivity contribution in [2.24, 2.45) is 0 Å². The van der Waals surface area contributed by atoms with Crippen LogP contribution in [-0.2, 0) is 0 Å². The second kappa shape index (κ2) is 9.88. The predicted octanol–water partition coefficient (Wildman–Crippen LogP) is 5.94. The molecule has 0 spiro atoms. The molecule has 0 aromatic heterocycles. The van der Waals surface area contributed by atoms with Crippen LogP contribution < -0.4 is 15.0 Å². The molecule has 0 atom stereocenters. The van der Waals surface area contributed by atoms with Crippen molar-refractivity contribution in [1.29, 1.82) is 0 Å². The van der Waals surface area contributed by atoms with Crippen molar-refractivity contribution in [2.45, 2.75) is 65.1 Å². The zero-order chi connectivity index (χ0) is 20.7. The number of allylic oxidation sites excluding steroid dienone is 4. The van der Waals surface area contributed by atoms with Crippen molar-refractivity contribution in [3.05, 3.63) is 83.6 Å². The van der Waals surface area contributed by atoms with E-state index in [0.29, 0.717) is 0 Å². The summed E-state index contributed by atoms with van der Waals surface area (Å²) < 4.78 is 4.36. The van der Waals surface area contributed by atoms with Crippen molar-refractivity contribution in [3.63, 3.8) is 0 Å². The molecule has 0 radical (unpaired) electrons. The van der Waals surface area contributed by atoms with Gasteiger partial charge in [0.15, 0.2) is 0 Å². The van der Waals surface area contributed by atoms with Crippen LogP contribution in [0.1, 0.15) is 45.4 Å². The summed E-state index contributed by atoms with van der Waals surface area (Å²) in [6.45, 7) is 9.64. The average molecular weight is 420 g/mol. The molecule has 2 aromatic carbocycles. The van der Waals surface area contributed by atoms with Crippen LogP contribution in [0.2, 0.25) is 19.6 Å². The molecule has 1 nitrogen and oxygen atoms in total. The van der Waals surface area contributed by atoms with E-state index in [1.54, 1.807) is 10.8 Å². The zero-order valence-electron chi connectivity index (χ0n) is 18.7. The van der Waals surface area contributed by atoms with Gasteiger partial charge in [-0.1, -0.05) is 129 Å². The Morgan fingerprint density at radius 3 is 1.90 bits per heavy atom. The van der Waals surface area contributed by atoms with Gasteiger partial charge < -0.3 is 4.65 Å². The fourth-order valence-corrected chi connectivity index (χ4v) is 14.4. The molecular weight excluding hydrogens is 382 g/mol. The molecule has 154 valence electrons. The van der Waals surface area contributed by atoms with E-state index in [-0.39, 0.29) is 0 Å². The Kier molecular flexibility index (Phi) is 7.50. The molecule has 0 unspecified atom stereocenters. The number of hydrogen-bond acceptors (Lipinski definition) is 1.